The summed E-state index contributed by atoms with van der Waals surface area (Å²) in [5, 5.41) is 5.94. The average molecular weight is 398 g/mol. The second-order valence-electron chi connectivity index (χ2n) is 7.49. The van der Waals surface area contributed by atoms with Gasteiger partial charge < -0.3 is 20.1 Å². The van der Waals surface area contributed by atoms with Crippen molar-refractivity contribution in [3.63, 3.8) is 0 Å². The molecule has 0 unspecified atom stereocenters. The summed E-state index contributed by atoms with van der Waals surface area (Å²) < 4.78 is 2.11. The molecule has 29 heavy (non-hydrogen) atoms. The Hall–Kier alpha value is -2.83. The van der Waals surface area contributed by atoms with Crippen molar-refractivity contribution < 1.29 is 9.59 Å². The summed E-state index contributed by atoms with van der Waals surface area (Å²) in [5.74, 6) is 1.11. The van der Waals surface area contributed by atoms with Gasteiger partial charge in [-0.25, -0.2) is 9.78 Å². The summed E-state index contributed by atoms with van der Waals surface area (Å²) in [6, 6.07) is 10.2. The van der Waals surface area contributed by atoms with E-state index >= 15 is 0 Å². The molecule has 156 valence electrons. The number of urea groups is 1. The molecule has 7 heteroatoms. The minimum absolute atomic E-state index is 0.0241. The normalized spacial score (nSPS) is 14.6. The highest BCUT2D eigenvalue weighted by Gasteiger charge is 2.26. The van der Waals surface area contributed by atoms with E-state index in [1.165, 1.54) is 5.56 Å². The monoisotopic (exact) mass is 397 g/mol. The van der Waals surface area contributed by atoms with Crippen molar-refractivity contribution >= 4 is 11.9 Å². The molecule has 1 aliphatic heterocycles. The number of hydrogen-bond acceptors (Lipinski definition) is 3. The third kappa shape index (κ3) is 6.07. The van der Waals surface area contributed by atoms with Crippen molar-refractivity contribution in [2.45, 2.75) is 39.2 Å². The molecule has 1 fully saturated rings. The van der Waals surface area contributed by atoms with Crippen LogP contribution in [0.1, 0.15) is 37.6 Å². The van der Waals surface area contributed by atoms with Crippen LogP contribution in [0.5, 0.6) is 0 Å². The number of amides is 3. The smallest absolute Gasteiger partial charge is 0.317 e. The number of rotatable bonds is 8. The van der Waals surface area contributed by atoms with E-state index in [9.17, 15) is 9.59 Å². The maximum Gasteiger partial charge on any atom is 0.317 e. The number of hydrogen-bond donors (Lipinski definition) is 2. The molecule has 0 saturated carbocycles. The summed E-state index contributed by atoms with van der Waals surface area (Å²) in [4.78, 5) is 30.7. The van der Waals surface area contributed by atoms with Gasteiger partial charge in [0, 0.05) is 57.5 Å². The van der Waals surface area contributed by atoms with Crippen molar-refractivity contribution in [2.75, 3.05) is 26.2 Å². The predicted octanol–water partition coefficient (Wildman–Crippen LogP) is 2.42. The highest BCUT2D eigenvalue weighted by molar-refractivity contribution is 5.79. The van der Waals surface area contributed by atoms with Crippen LogP contribution in [0.2, 0.25) is 0 Å². The lowest BCUT2D eigenvalue weighted by Crippen LogP contribution is -2.47. The van der Waals surface area contributed by atoms with Crippen LogP contribution in [0.4, 0.5) is 4.79 Å². The van der Waals surface area contributed by atoms with Crippen LogP contribution >= 0.6 is 0 Å². The SMILES string of the molecule is CCCNC(=O)C1CCN(C(=O)NCCc2nccn2Cc2ccccc2)CC1. The first-order valence-electron chi connectivity index (χ1n) is 10.5. The summed E-state index contributed by atoms with van der Waals surface area (Å²) in [7, 11) is 0. The van der Waals surface area contributed by atoms with E-state index in [-0.39, 0.29) is 17.9 Å². The second kappa shape index (κ2) is 10.6. The first-order chi connectivity index (χ1) is 14.2. The molecule has 1 aromatic carbocycles. The number of likely N-dealkylation sites (tertiary alicyclic amines) is 1. The lowest BCUT2D eigenvalue weighted by molar-refractivity contribution is -0.126. The van der Waals surface area contributed by atoms with Crippen molar-refractivity contribution in [2.24, 2.45) is 5.92 Å². The molecule has 0 radical (unpaired) electrons. The average Bonchev–Trinajstić information content (AvgIpc) is 3.19. The van der Waals surface area contributed by atoms with Crippen LogP contribution in [-0.2, 0) is 17.8 Å². The first kappa shape index (κ1) is 20.9. The summed E-state index contributed by atoms with van der Waals surface area (Å²) in [5.41, 5.74) is 1.22. The molecule has 3 rings (SSSR count). The molecular weight excluding hydrogens is 366 g/mol. The van der Waals surface area contributed by atoms with Crippen LogP contribution in [0, 0.1) is 5.92 Å². The summed E-state index contributed by atoms with van der Waals surface area (Å²) >= 11 is 0. The Morgan fingerprint density at radius 1 is 1.10 bits per heavy atom. The fraction of sp³-hybridized carbons (Fsp3) is 0.500. The maximum absolute atomic E-state index is 12.4. The summed E-state index contributed by atoms with van der Waals surface area (Å²) in [6.45, 7) is 5.33. The highest BCUT2D eigenvalue weighted by Crippen LogP contribution is 2.17. The van der Waals surface area contributed by atoms with Crippen LogP contribution in [0.15, 0.2) is 42.7 Å². The Balaban J connectivity index is 1.40. The molecule has 0 bridgehead atoms. The van der Waals surface area contributed by atoms with E-state index in [0.717, 1.165) is 38.2 Å². The van der Waals surface area contributed by atoms with Gasteiger partial charge in [0.2, 0.25) is 5.91 Å². The molecule has 2 N–H and O–H groups in total. The third-order valence-electron chi connectivity index (χ3n) is 5.32. The second-order valence-corrected chi connectivity index (χ2v) is 7.49. The third-order valence-corrected chi connectivity index (χ3v) is 5.32. The molecule has 0 atom stereocenters. The molecule has 3 amide bonds. The Bertz CT molecular complexity index is 782. The van der Waals surface area contributed by atoms with Gasteiger partial charge in [0.25, 0.3) is 0 Å². The number of imidazole rings is 1. The topological polar surface area (TPSA) is 79.3 Å². The van der Waals surface area contributed by atoms with E-state index < -0.39 is 0 Å². The fourth-order valence-corrected chi connectivity index (χ4v) is 3.62. The van der Waals surface area contributed by atoms with E-state index in [2.05, 4.69) is 32.3 Å². The Morgan fingerprint density at radius 3 is 2.59 bits per heavy atom. The van der Waals surface area contributed by atoms with E-state index in [0.29, 0.717) is 26.1 Å². The van der Waals surface area contributed by atoms with Crippen molar-refractivity contribution in [1.82, 2.24) is 25.1 Å². The number of carbonyl (C=O) groups excluding carboxylic acids is 2. The minimum atomic E-state index is -0.0569. The Morgan fingerprint density at radius 2 is 1.86 bits per heavy atom. The van der Waals surface area contributed by atoms with Gasteiger partial charge in [-0.05, 0) is 24.8 Å². The largest absolute Gasteiger partial charge is 0.356 e. The maximum atomic E-state index is 12.4. The van der Waals surface area contributed by atoms with E-state index in [4.69, 9.17) is 0 Å². The first-order valence-corrected chi connectivity index (χ1v) is 10.5. The minimum Gasteiger partial charge on any atom is -0.356 e. The zero-order valence-electron chi connectivity index (χ0n) is 17.1. The molecule has 2 aromatic rings. The van der Waals surface area contributed by atoms with Gasteiger partial charge in [0.15, 0.2) is 0 Å². The van der Waals surface area contributed by atoms with Crippen LogP contribution in [0.3, 0.4) is 0 Å². The molecule has 1 aromatic heterocycles. The number of carbonyl (C=O) groups is 2. The number of benzene rings is 1. The van der Waals surface area contributed by atoms with Crippen molar-refractivity contribution in [3.05, 3.63) is 54.1 Å². The van der Waals surface area contributed by atoms with Gasteiger partial charge in [-0.1, -0.05) is 37.3 Å². The molecule has 2 heterocycles. The molecule has 1 saturated heterocycles. The van der Waals surface area contributed by atoms with Crippen LogP contribution in [-0.4, -0.2) is 52.6 Å². The van der Waals surface area contributed by atoms with Crippen molar-refractivity contribution in [3.8, 4) is 0 Å². The summed E-state index contributed by atoms with van der Waals surface area (Å²) in [6.07, 6.45) is 6.85. The molecule has 1 aliphatic rings. The fourth-order valence-electron chi connectivity index (χ4n) is 3.62. The Labute approximate surface area is 172 Å². The van der Waals surface area contributed by atoms with Gasteiger partial charge in [-0.2, -0.15) is 0 Å². The van der Waals surface area contributed by atoms with Gasteiger partial charge >= 0.3 is 6.03 Å². The standard InChI is InChI=1S/C22H31N5O2/c1-2-11-24-21(28)19-9-14-26(15-10-19)22(29)25-12-8-20-23-13-16-27(20)17-18-6-4-3-5-7-18/h3-7,13,16,19H,2,8-12,14-15,17H2,1H3,(H,24,28)(H,25,29). The van der Waals surface area contributed by atoms with Gasteiger partial charge in [0.1, 0.15) is 5.82 Å². The molecular formula is C22H31N5O2. The number of aromatic nitrogens is 2. The Kier molecular flexibility index (Phi) is 7.67. The van der Waals surface area contributed by atoms with Gasteiger partial charge in [-0.3, -0.25) is 4.79 Å². The molecule has 0 aliphatic carbocycles. The van der Waals surface area contributed by atoms with Gasteiger partial charge in [-0.15, -0.1) is 0 Å². The number of nitrogens with zero attached hydrogens (tertiary/aromatic N) is 3. The van der Waals surface area contributed by atoms with E-state index in [1.54, 1.807) is 11.1 Å². The lowest BCUT2D eigenvalue weighted by Gasteiger charge is -2.31. The highest BCUT2D eigenvalue weighted by atomic mass is 16.2. The van der Waals surface area contributed by atoms with Crippen molar-refractivity contribution in [1.29, 1.82) is 0 Å². The molecule has 7 nitrogen and oxygen atoms in total. The number of piperidine rings is 1. The molecule has 0 spiro atoms. The number of nitrogens with one attached hydrogen (secondary N) is 2. The van der Waals surface area contributed by atoms with Crippen LogP contribution < -0.4 is 10.6 Å². The predicted molar refractivity (Wildman–Crippen MR) is 112 cm³/mol. The van der Waals surface area contributed by atoms with Gasteiger partial charge in [0.05, 0.1) is 0 Å². The quantitative estimate of drug-likeness (QED) is 0.718. The van der Waals surface area contributed by atoms with Crippen LogP contribution in [0.25, 0.3) is 0 Å². The van der Waals surface area contributed by atoms with E-state index in [1.807, 2.05) is 31.3 Å². The zero-order valence-corrected chi connectivity index (χ0v) is 17.1. The lowest BCUT2D eigenvalue weighted by atomic mass is 9.96. The zero-order chi connectivity index (χ0) is 20.5.